The highest BCUT2D eigenvalue weighted by Gasteiger charge is 2.08. The Hall–Kier alpha value is -3.93. The predicted octanol–water partition coefficient (Wildman–Crippen LogP) is 4.13. The molecule has 3 rings (SSSR count). The molecule has 0 heterocycles. The number of benzene rings is 3. The van der Waals surface area contributed by atoms with E-state index in [9.17, 15) is 9.59 Å². The van der Waals surface area contributed by atoms with Gasteiger partial charge in [0, 0.05) is 11.3 Å². The van der Waals surface area contributed by atoms with Gasteiger partial charge in [-0.2, -0.15) is 0 Å². The normalized spacial score (nSPS) is 10.5. The standard InChI is InChI=1S/C23H20N2O4/c1-28-23(27)19-13-11-17(12-14-19)15-24-29-16-22(26)25-21-10-6-5-9-20(21)18-7-3-2-4-8-18/h2-15H,16H2,1H3,(H,25,26)/b24-15+. The van der Waals surface area contributed by atoms with Crippen molar-refractivity contribution in [1.29, 1.82) is 0 Å². The summed E-state index contributed by atoms with van der Waals surface area (Å²) in [5.41, 5.74) is 3.82. The number of nitrogens with one attached hydrogen (secondary N) is 1. The number of hydrogen-bond donors (Lipinski definition) is 1. The van der Waals surface area contributed by atoms with Crippen molar-refractivity contribution in [3.63, 3.8) is 0 Å². The third-order valence-corrected chi connectivity index (χ3v) is 4.09. The topological polar surface area (TPSA) is 77.0 Å². The number of hydrogen-bond acceptors (Lipinski definition) is 5. The van der Waals surface area contributed by atoms with Gasteiger partial charge in [0.1, 0.15) is 0 Å². The second kappa shape index (κ2) is 9.85. The number of esters is 1. The third kappa shape index (κ3) is 5.52. The Bertz CT molecular complexity index is 999. The molecule has 146 valence electrons. The van der Waals surface area contributed by atoms with Crippen LogP contribution in [0.2, 0.25) is 0 Å². The van der Waals surface area contributed by atoms with Crippen molar-refractivity contribution < 1.29 is 19.2 Å². The van der Waals surface area contributed by atoms with E-state index in [1.54, 1.807) is 24.3 Å². The molecule has 1 N–H and O–H groups in total. The van der Waals surface area contributed by atoms with Gasteiger partial charge in [0.2, 0.25) is 0 Å². The Morgan fingerprint density at radius 1 is 0.931 bits per heavy atom. The molecule has 0 saturated heterocycles. The molecular weight excluding hydrogens is 368 g/mol. The Balaban J connectivity index is 1.55. The zero-order valence-corrected chi connectivity index (χ0v) is 15.9. The number of anilines is 1. The van der Waals surface area contributed by atoms with E-state index in [0.29, 0.717) is 11.3 Å². The molecule has 0 atom stereocenters. The van der Waals surface area contributed by atoms with Gasteiger partial charge in [-0.25, -0.2) is 4.79 Å². The maximum absolute atomic E-state index is 12.2. The van der Waals surface area contributed by atoms with Gasteiger partial charge in [-0.1, -0.05) is 65.8 Å². The van der Waals surface area contributed by atoms with Gasteiger partial charge >= 0.3 is 5.97 Å². The van der Waals surface area contributed by atoms with E-state index < -0.39 is 5.97 Å². The summed E-state index contributed by atoms with van der Waals surface area (Å²) >= 11 is 0. The summed E-state index contributed by atoms with van der Waals surface area (Å²) in [7, 11) is 1.33. The molecule has 0 spiro atoms. The SMILES string of the molecule is COC(=O)c1ccc(/C=N/OCC(=O)Nc2ccccc2-c2ccccc2)cc1. The van der Waals surface area contributed by atoms with E-state index in [1.165, 1.54) is 13.3 Å². The first kappa shape index (κ1) is 19.8. The van der Waals surface area contributed by atoms with Crippen LogP contribution in [-0.2, 0) is 14.4 Å². The zero-order chi connectivity index (χ0) is 20.5. The zero-order valence-electron chi connectivity index (χ0n) is 15.9. The highest BCUT2D eigenvalue weighted by atomic mass is 16.6. The van der Waals surface area contributed by atoms with Gasteiger partial charge in [0.05, 0.1) is 18.9 Å². The van der Waals surface area contributed by atoms with Crippen LogP contribution < -0.4 is 5.32 Å². The van der Waals surface area contributed by atoms with E-state index in [0.717, 1.165) is 16.7 Å². The van der Waals surface area contributed by atoms with Gasteiger partial charge in [-0.05, 0) is 29.3 Å². The average Bonchev–Trinajstić information content (AvgIpc) is 2.77. The molecule has 0 aliphatic rings. The van der Waals surface area contributed by atoms with Crippen LogP contribution in [0.25, 0.3) is 11.1 Å². The first-order chi connectivity index (χ1) is 14.2. The molecule has 0 aliphatic carbocycles. The van der Waals surface area contributed by atoms with Crippen LogP contribution in [0.3, 0.4) is 0 Å². The molecule has 0 fully saturated rings. The molecule has 3 aromatic carbocycles. The first-order valence-corrected chi connectivity index (χ1v) is 8.95. The molecule has 6 heteroatoms. The van der Waals surface area contributed by atoms with Crippen LogP contribution in [0.5, 0.6) is 0 Å². The van der Waals surface area contributed by atoms with Crippen molar-refractivity contribution in [2.45, 2.75) is 0 Å². The number of para-hydroxylation sites is 1. The third-order valence-electron chi connectivity index (χ3n) is 4.09. The van der Waals surface area contributed by atoms with Gasteiger partial charge in [-0.15, -0.1) is 0 Å². The molecule has 0 saturated carbocycles. The Kier molecular flexibility index (Phi) is 6.73. The number of carbonyl (C=O) groups is 2. The van der Waals surface area contributed by atoms with Crippen molar-refractivity contribution in [3.8, 4) is 11.1 Å². The van der Waals surface area contributed by atoms with E-state index in [2.05, 4.69) is 15.2 Å². The van der Waals surface area contributed by atoms with Crippen LogP contribution in [0.1, 0.15) is 15.9 Å². The number of nitrogens with zero attached hydrogens (tertiary/aromatic N) is 1. The second-order valence-corrected chi connectivity index (χ2v) is 6.08. The maximum Gasteiger partial charge on any atom is 0.337 e. The number of rotatable bonds is 7. The van der Waals surface area contributed by atoms with Crippen LogP contribution in [-0.4, -0.2) is 31.8 Å². The van der Waals surface area contributed by atoms with E-state index in [-0.39, 0.29) is 12.5 Å². The summed E-state index contributed by atoms with van der Waals surface area (Å²) in [6, 6.07) is 24.0. The first-order valence-electron chi connectivity index (χ1n) is 8.95. The number of amides is 1. The molecule has 0 radical (unpaired) electrons. The quantitative estimate of drug-likeness (QED) is 0.375. The monoisotopic (exact) mass is 388 g/mol. The molecule has 0 bridgehead atoms. The molecule has 0 aromatic heterocycles. The fourth-order valence-electron chi connectivity index (χ4n) is 2.66. The summed E-state index contributed by atoms with van der Waals surface area (Å²) in [6.45, 7) is -0.222. The van der Waals surface area contributed by atoms with Crippen LogP contribution in [0.4, 0.5) is 5.69 Å². The lowest BCUT2D eigenvalue weighted by atomic mass is 10.0. The van der Waals surface area contributed by atoms with Crippen molar-refractivity contribution in [1.82, 2.24) is 0 Å². The number of carbonyl (C=O) groups excluding carboxylic acids is 2. The van der Waals surface area contributed by atoms with Gasteiger partial charge < -0.3 is 14.9 Å². The van der Waals surface area contributed by atoms with E-state index >= 15 is 0 Å². The predicted molar refractivity (Wildman–Crippen MR) is 112 cm³/mol. The van der Waals surface area contributed by atoms with Crippen molar-refractivity contribution in [3.05, 3.63) is 90.0 Å². The Morgan fingerprint density at radius 3 is 2.34 bits per heavy atom. The lowest BCUT2D eigenvalue weighted by molar-refractivity contribution is -0.120. The van der Waals surface area contributed by atoms with Crippen LogP contribution in [0, 0.1) is 0 Å². The van der Waals surface area contributed by atoms with Crippen molar-refractivity contribution in [2.75, 3.05) is 19.0 Å². The molecule has 1 amide bonds. The number of ether oxygens (including phenoxy) is 1. The lowest BCUT2D eigenvalue weighted by Crippen LogP contribution is -2.17. The second-order valence-electron chi connectivity index (χ2n) is 6.08. The molecule has 6 nitrogen and oxygen atoms in total. The molecule has 29 heavy (non-hydrogen) atoms. The fourth-order valence-corrected chi connectivity index (χ4v) is 2.66. The minimum Gasteiger partial charge on any atom is -0.465 e. The lowest BCUT2D eigenvalue weighted by Gasteiger charge is -2.10. The highest BCUT2D eigenvalue weighted by molar-refractivity contribution is 5.96. The van der Waals surface area contributed by atoms with E-state index in [4.69, 9.17) is 4.84 Å². The summed E-state index contributed by atoms with van der Waals surface area (Å²) in [4.78, 5) is 28.7. The minimum absolute atomic E-state index is 0.222. The molecule has 3 aromatic rings. The van der Waals surface area contributed by atoms with E-state index in [1.807, 2.05) is 54.6 Å². The highest BCUT2D eigenvalue weighted by Crippen LogP contribution is 2.27. The summed E-state index contributed by atoms with van der Waals surface area (Å²) in [5.74, 6) is -0.719. The minimum atomic E-state index is -0.405. The smallest absolute Gasteiger partial charge is 0.337 e. The summed E-state index contributed by atoms with van der Waals surface area (Å²) in [5, 5.41) is 6.64. The Morgan fingerprint density at radius 2 is 1.62 bits per heavy atom. The van der Waals surface area contributed by atoms with Gasteiger partial charge in [-0.3, -0.25) is 4.79 Å². The van der Waals surface area contributed by atoms with Gasteiger partial charge in [0.25, 0.3) is 5.91 Å². The fraction of sp³-hybridized carbons (Fsp3) is 0.0870. The number of methoxy groups -OCH3 is 1. The van der Waals surface area contributed by atoms with Crippen molar-refractivity contribution in [2.24, 2.45) is 5.16 Å². The molecular formula is C23H20N2O4. The molecule has 0 unspecified atom stereocenters. The largest absolute Gasteiger partial charge is 0.465 e. The maximum atomic E-state index is 12.2. The number of oxime groups is 1. The van der Waals surface area contributed by atoms with Crippen molar-refractivity contribution >= 4 is 23.8 Å². The summed E-state index contributed by atoms with van der Waals surface area (Å²) in [6.07, 6.45) is 1.46. The molecule has 0 aliphatic heterocycles. The Labute approximate surface area is 168 Å². The van der Waals surface area contributed by atoms with Crippen LogP contribution in [0.15, 0.2) is 84.0 Å². The van der Waals surface area contributed by atoms with Crippen LogP contribution >= 0.6 is 0 Å². The average molecular weight is 388 g/mol. The van der Waals surface area contributed by atoms with Gasteiger partial charge in [0.15, 0.2) is 6.61 Å². The summed E-state index contributed by atoms with van der Waals surface area (Å²) < 4.78 is 4.64.